The Hall–Kier alpha value is -3.08. The van der Waals surface area contributed by atoms with E-state index in [4.69, 9.17) is 4.74 Å². The molecule has 0 radical (unpaired) electrons. The van der Waals surface area contributed by atoms with Crippen LogP contribution in [0.3, 0.4) is 0 Å². The normalized spacial score (nSPS) is 11.1. The zero-order chi connectivity index (χ0) is 17.6. The first-order chi connectivity index (χ1) is 12.2. The summed E-state index contributed by atoms with van der Waals surface area (Å²) < 4.78 is 7.40. The van der Waals surface area contributed by atoms with Gasteiger partial charge in [-0.05, 0) is 48.4 Å². The summed E-state index contributed by atoms with van der Waals surface area (Å²) in [6.45, 7) is 2.77. The highest BCUT2D eigenvalue weighted by atomic mass is 16.5. The number of hydrazone groups is 1. The Labute approximate surface area is 146 Å². The lowest BCUT2D eigenvalue weighted by atomic mass is 10.2. The molecule has 0 aliphatic heterocycles. The van der Waals surface area contributed by atoms with E-state index in [1.165, 1.54) is 0 Å². The molecule has 0 fully saturated rings. The maximum atomic E-state index is 12.3. The van der Waals surface area contributed by atoms with Crippen molar-refractivity contribution in [3.63, 3.8) is 0 Å². The summed E-state index contributed by atoms with van der Waals surface area (Å²) in [5, 5.41) is 5.07. The number of carbonyl (C=O) groups excluding carboxylic acids is 1. The standard InChI is InChI=1S/C20H21N3O2/c1-3-12-25-17-10-8-15(9-11-17)14-21-22-20(24)19-13-16-6-4-5-7-18(16)23(19)2/h4-11,13-14H,3,12H2,1-2H3,(H,22,24)/b21-14+. The van der Waals surface area contributed by atoms with E-state index in [2.05, 4.69) is 17.5 Å². The van der Waals surface area contributed by atoms with Crippen molar-refractivity contribution >= 4 is 23.0 Å². The predicted molar refractivity (Wildman–Crippen MR) is 100 cm³/mol. The van der Waals surface area contributed by atoms with Crippen molar-refractivity contribution in [2.24, 2.45) is 12.1 Å². The Balaban J connectivity index is 1.65. The van der Waals surface area contributed by atoms with Crippen molar-refractivity contribution in [1.29, 1.82) is 0 Å². The highest BCUT2D eigenvalue weighted by Crippen LogP contribution is 2.18. The van der Waals surface area contributed by atoms with Crippen LogP contribution in [0, 0.1) is 0 Å². The molecular weight excluding hydrogens is 314 g/mol. The number of hydrogen-bond acceptors (Lipinski definition) is 3. The highest BCUT2D eigenvalue weighted by molar-refractivity contribution is 5.99. The molecule has 0 atom stereocenters. The molecule has 128 valence electrons. The molecule has 3 aromatic rings. The van der Waals surface area contributed by atoms with E-state index in [1.54, 1.807) is 6.21 Å². The molecule has 0 saturated carbocycles. The van der Waals surface area contributed by atoms with Crippen LogP contribution in [0.2, 0.25) is 0 Å². The fraction of sp³-hybridized carbons (Fsp3) is 0.200. The van der Waals surface area contributed by atoms with Gasteiger partial charge in [0.25, 0.3) is 5.91 Å². The number of ether oxygens (including phenoxy) is 1. The molecule has 2 aromatic carbocycles. The molecule has 1 amide bonds. The van der Waals surface area contributed by atoms with Gasteiger partial charge in [0.1, 0.15) is 11.4 Å². The zero-order valence-electron chi connectivity index (χ0n) is 14.4. The molecule has 0 aliphatic carbocycles. The smallest absolute Gasteiger partial charge is 0.287 e. The lowest BCUT2D eigenvalue weighted by Crippen LogP contribution is -2.20. The number of aromatic nitrogens is 1. The second kappa shape index (κ2) is 7.66. The molecule has 0 unspecified atom stereocenters. The third-order valence-corrected chi connectivity index (χ3v) is 3.92. The van der Waals surface area contributed by atoms with Crippen molar-refractivity contribution in [3.8, 4) is 5.75 Å². The average molecular weight is 335 g/mol. The highest BCUT2D eigenvalue weighted by Gasteiger charge is 2.12. The Bertz CT molecular complexity index is 895. The van der Waals surface area contributed by atoms with Crippen LogP contribution in [0.15, 0.2) is 59.7 Å². The number of benzene rings is 2. The van der Waals surface area contributed by atoms with Crippen molar-refractivity contribution in [2.45, 2.75) is 13.3 Å². The summed E-state index contributed by atoms with van der Waals surface area (Å²) in [6.07, 6.45) is 2.59. The molecule has 25 heavy (non-hydrogen) atoms. The summed E-state index contributed by atoms with van der Waals surface area (Å²) in [6, 6.07) is 17.3. The van der Waals surface area contributed by atoms with E-state index in [0.717, 1.165) is 28.6 Å². The SMILES string of the molecule is CCCOc1ccc(/C=N/NC(=O)c2cc3ccccc3n2C)cc1. The summed E-state index contributed by atoms with van der Waals surface area (Å²) in [5.74, 6) is 0.594. The number of rotatable bonds is 6. The van der Waals surface area contributed by atoms with Crippen LogP contribution in [0.5, 0.6) is 5.75 Å². The zero-order valence-corrected chi connectivity index (χ0v) is 14.4. The monoisotopic (exact) mass is 335 g/mol. The quantitative estimate of drug-likeness (QED) is 0.551. The predicted octanol–water partition coefficient (Wildman–Crippen LogP) is 3.73. The van der Waals surface area contributed by atoms with Crippen LogP contribution in [0.25, 0.3) is 10.9 Å². The molecular formula is C20H21N3O2. The van der Waals surface area contributed by atoms with Crippen molar-refractivity contribution < 1.29 is 9.53 Å². The van der Waals surface area contributed by atoms with Gasteiger partial charge in [-0.2, -0.15) is 5.10 Å². The van der Waals surface area contributed by atoms with E-state index >= 15 is 0 Å². The summed E-state index contributed by atoms with van der Waals surface area (Å²) >= 11 is 0. The minimum atomic E-state index is -0.238. The lowest BCUT2D eigenvalue weighted by Gasteiger charge is -2.04. The van der Waals surface area contributed by atoms with Crippen LogP contribution in [0.1, 0.15) is 29.4 Å². The van der Waals surface area contributed by atoms with Gasteiger partial charge in [-0.3, -0.25) is 4.79 Å². The van der Waals surface area contributed by atoms with Gasteiger partial charge in [-0.25, -0.2) is 5.43 Å². The minimum absolute atomic E-state index is 0.238. The van der Waals surface area contributed by atoms with Gasteiger partial charge < -0.3 is 9.30 Å². The van der Waals surface area contributed by atoms with E-state index in [-0.39, 0.29) is 5.91 Å². The number of aryl methyl sites for hydroxylation is 1. The third kappa shape index (κ3) is 3.88. The number of fused-ring (bicyclic) bond motifs is 1. The molecule has 0 saturated heterocycles. The Kier molecular flexibility index (Phi) is 5.14. The van der Waals surface area contributed by atoms with E-state index in [1.807, 2.05) is 66.2 Å². The fourth-order valence-electron chi connectivity index (χ4n) is 2.60. The minimum Gasteiger partial charge on any atom is -0.494 e. The van der Waals surface area contributed by atoms with E-state index in [9.17, 15) is 4.79 Å². The summed E-state index contributed by atoms with van der Waals surface area (Å²) in [5.41, 5.74) is 5.05. The molecule has 1 aromatic heterocycles. The Morgan fingerprint density at radius 2 is 1.96 bits per heavy atom. The number of carbonyl (C=O) groups is 1. The number of nitrogens with zero attached hydrogens (tertiary/aromatic N) is 2. The van der Waals surface area contributed by atoms with Crippen LogP contribution in [-0.2, 0) is 7.05 Å². The first kappa shape index (κ1) is 16.8. The van der Waals surface area contributed by atoms with Crippen LogP contribution >= 0.6 is 0 Å². The van der Waals surface area contributed by atoms with Gasteiger partial charge in [0.15, 0.2) is 0 Å². The number of para-hydroxylation sites is 1. The second-order valence-corrected chi connectivity index (χ2v) is 5.76. The molecule has 5 heteroatoms. The van der Waals surface area contributed by atoms with Crippen molar-refractivity contribution in [2.75, 3.05) is 6.61 Å². The van der Waals surface area contributed by atoms with Gasteiger partial charge in [-0.1, -0.05) is 25.1 Å². The molecule has 3 rings (SSSR count). The first-order valence-electron chi connectivity index (χ1n) is 8.30. The van der Waals surface area contributed by atoms with Crippen molar-refractivity contribution in [1.82, 2.24) is 9.99 Å². The molecule has 1 heterocycles. The molecule has 5 nitrogen and oxygen atoms in total. The molecule has 0 aliphatic rings. The molecule has 0 bridgehead atoms. The largest absolute Gasteiger partial charge is 0.494 e. The molecule has 0 spiro atoms. The number of nitrogens with one attached hydrogen (secondary N) is 1. The first-order valence-corrected chi connectivity index (χ1v) is 8.30. The van der Waals surface area contributed by atoms with E-state index in [0.29, 0.717) is 12.3 Å². The van der Waals surface area contributed by atoms with Gasteiger partial charge in [0.2, 0.25) is 0 Å². The van der Waals surface area contributed by atoms with Gasteiger partial charge in [-0.15, -0.1) is 0 Å². The Morgan fingerprint density at radius 3 is 2.68 bits per heavy atom. The second-order valence-electron chi connectivity index (χ2n) is 5.76. The van der Waals surface area contributed by atoms with E-state index < -0.39 is 0 Å². The van der Waals surface area contributed by atoms with Gasteiger partial charge >= 0.3 is 0 Å². The number of amides is 1. The summed E-state index contributed by atoms with van der Waals surface area (Å²) in [7, 11) is 1.87. The lowest BCUT2D eigenvalue weighted by molar-refractivity contribution is 0.0947. The maximum absolute atomic E-state index is 12.3. The van der Waals surface area contributed by atoms with Crippen molar-refractivity contribution in [3.05, 3.63) is 65.9 Å². The van der Waals surface area contributed by atoms with Gasteiger partial charge in [0.05, 0.1) is 12.8 Å². The fourth-order valence-corrected chi connectivity index (χ4v) is 2.60. The Morgan fingerprint density at radius 1 is 1.20 bits per heavy atom. The van der Waals surface area contributed by atoms with Crippen LogP contribution in [-0.4, -0.2) is 23.3 Å². The van der Waals surface area contributed by atoms with Crippen LogP contribution < -0.4 is 10.2 Å². The molecule has 1 N–H and O–H groups in total. The third-order valence-electron chi connectivity index (χ3n) is 3.92. The van der Waals surface area contributed by atoms with Crippen LogP contribution in [0.4, 0.5) is 0 Å². The average Bonchev–Trinajstić information content (AvgIpc) is 2.98. The number of hydrogen-bond donors (Lipinski definition) is 1. The maximum Gasteiger partial charge on any atom is 0.287 e. The topological polar surface area (TPSA) is 55.6 Å². The van der Waals surface area contributed by atoms with Gasteiger partial charge in [0, 0.05) is 18.0 Å². The summed E-state index contributed by atoms with van der Waals surface area (Å²) in [4.78, 5) is 12.3.